The normalized spacial score (nSPS) is 10.9. The third kappa shape index (κ3) is 5.94. The van der Waals surface area contributed by atoms with E-state index < -0.39 is 17.2 Å². The average Bonchev–Trinajstić information content (AvgIpc) is 2.66. The number of nitrogens with one attached hydrogen (secondary N) is 2. The molecule has 2 amide bonds. The zero-order valence-corrected chi connectivity index (χ0v) is 17.6. The van der Waals surface area contributed by atoms with Crippen LogP contribution >= 0.6 is 0 Å². The van der Waals surface area contributed by atoms with Crippen molar-refractivity contribution in [2.75, 3.05) is 7.11 Å². The molecule has 0 atom stereocenters. The van der Waals surface area contributed by atoms with E-state index in [1.807, 2.05) is 45.9 Å². The van der Waals surface area contributed by atoms with E-state index in [2.05, 4.69) is 10.6 Å². The minimum Gasteiger partial charge on any atom is -0.496 e. The predicted octanol–water partition coefficient (Wildman–Crippen LogP) is 2.58. The molecular weight excluding hydrogens is 370 g/mol. The number of methoxy groups -OCH3 is 1. The smallest absolute Gasteiger partial charge is 0.257 e. The van der Waals surface area contributed by atoms with Crippen LogP contribution in [0.2, 0.25) is 0 Å². The van der Waals surface area contributed by atoms with Crippen LogP contribution in [0.3, 0.4) is 0 Å². The summed E-state index contributed by atoms with van der Waals surface area (Å²) in [7, 11) is 1.56. The first kappa shape index (κ1) is 22.2. The molecule has 0 aliphatic heterocycles. The molecule has 2 aromatic rings. The van der Waals surface area contributed by atoms with E-state index in [0.717, 1.165) is 5.56 Å². The number of amides is 2. The molecule has 2 N–H and O–H groups in total. The minimum atomic E-state index is -0.583. The molecule has 0 saturated carbocycles. The molecule has 0 aliphatic carbocycles. The fourth-order valence-electron chi connectivity index (χ4n) is 2.94. The van der Waals surface area contributed by atoms with Crippen LogP contribution < -0.4 is 20.8 Å². The van der Waals surface area contributed by atoms with Gasteiger partial charge in [0.1, 0.15) is 16.9 Å². The van der Waals surface area contributed by atoms with Crippen LogP contribution in [-0.4, -0.2) is 29.5 Å². The lowest BCUT2D eigenvalue weighted by molar-refractivity contribution is 0.0941. The highest BCUT2D eigenvalue weighted by Crippen LogP contribution is 2.16. The molecule has 1 aromatic heterocycles. The Balaban J connectivity index is 2.35. The van der Waals surface area contributed by atoms with Crippen LogP contribution in [0.4, 0.5) is 0 Å². The van der Waals surface area contributed by atoms with Crippen LogP contribution in [-0.2, 0) is 13.1 Å². The van der Waals surface area contributed by atoms with Crippen molar-refractivity contribution in [1.82, 2.24) is 15.2 Å². The van der Waals surface area contributed by atoms with Gasteiger partial charge in [-0.3, -0.25) is 14.4 Å². The maximum absolute atomic E-state index is 12.8. The highest BCUT2D eigenvalue weighted by Gasteiger charge is 2.20. The van der Waals surface area contributed by atoms with Gasteiger partial charge in [0.2, 0.25) is 5.43 Å². The van der Waals surface area contributed by atoms with Crippen LogP contribution in [0, 0.1) is 5.92 Å². The number of rotatable bonds is 8. The SMILES string of the molecule is COc1ccccc1CNC(=O)c1cn(CC(C)C)cc(C(=O)NC(C)C)c1=O. The Kier molecular flexibility index (Phi) is 7.59. The number of carbonyl (C=O) groups excluding carboxylic acids is 2. The number of hydrogen-bond acceptors (Lipinski definition) is 4. The third-order valence-corrected chi connectivity index (χ3v) is 4.20. The van der Waals surface area contributed by atoms with Gasteiger partial charge < -0.3 is 19.9 Å². The zero-order valence-electron chi connectivity index (χ0n) is 17.6. The van der Waals surface area contributed by atoms with E-state index in [1.54, 1.807) is 17.7 Å². The van der Waals surface area contributed by atoms with E-state index in [1.165, 1.54) is 12.4 Å². The van der Waals surface area contributed by atoms with Crippen molar-refractivity contribution in [2.24, 2.45) is 5.92 Å². The lowest BCUT2D eigenvalue weighted by atomic mass is 10.1. The van der Waals surface area contributed by atoms with Gasteiger partial charge in [-0.2, -0.15) is 0 Å². The van der Waals surface area contributed by atoms with Crippen molar-refractivity contribution in [3.8, 4) is 5.75 Å². The monoisotopic (exact) mass is 399 g/mol. The maximum atomic E-state index is 12.8. The molecule has 0 bridgehead atoms. The summed E-state index contributed by atoms with van der Waals surface area (Å²) in [6.45, 7) is 8.45. The van der Waals surface area contributed by atoms with Gasteiger partial charge in [-0.05, 0) is 25.8 Å². The van der Waals surface area contributed by atoms with E-state index in [-0.39, 0.29) is 29.6 Å². The maximum Gasteiger partial charge on any atom is 0.257 e. The molecular formula is C22H29N3O4. The Morgan fingerprint density at radius 2 is 1.66 bits per heavy atom. The average molecular weight is 399 g/mol. The second-order valence-electron chi connectivity index (χ2n) is 7.63. The number of nitrogens with zero attached hydrogens (tertiary/aromatic N) is 1. The van der Waals surface area contributed by atoms with Gasteiger partial charge in [0.15, 0.2) is 0 Å². The summed E-state index contributed by atoms with van der Waals surface area (Å²) in [4.78, 5) is 38.1. The highest BCUT2D eigenvalue weighted by molar-refractivity contribution is 5.99. The summed E-state index contributed by atoms with van der Waals surface area (Å²) in [6.07, 6.45) is 3.02. The zero-order chi connectivity index (χ0) is 21.6. The number of benzene rings is 1. The molecule has 0 unspecified atom stereocenters. The number of aromatic nitrogens is 1. The van der Waals surface area contributed by atoms with E-state index in [0.29, 0.717) is 12.3 Å². The molecule has 1 heterocycles. The lowest BCUT2D eigenvalue weighted by Gasteiger charge is -2.15. The molecule has 2 rings (SSSR count). The first-order valence-electron chi connectivity index (χ1n) is 9.68. The Labute approximate surface area is 171 Å². The molecule has 0 spiro atoms. The lowest BCUT2D eigenvalue weighted by Crippen LogP contribution is -2.37. The van der Waals surface area contributed by atoms with E-state index in [9.17, 15) is 14.4 Å². The van der Waals surface area contributed by atoms with Crippen molar-refractivity contribution in [3.63, 3.8) is 0 Å². The van der Waals surface area contributed by atoms with Crippen molar-refractivity contribution < 1.29 is 14.3 Å². The molecule has 0 radical (unpaired) electrons. The van der Waals surface area contributed by atoms with E-state index >= 15 is 0 Å². The van der Waals surface area contributed by atoms with Crippen LogP contribution in [0.15, 0.2) is 41.5 Å². The van der Waals surface area contributed by atoms with Crippen molar-refractivity contribution >= 4 is 11.8 Å². The minimum absolute atomic E-state index is 0.0377. The molecule has 1 aromatic carbocycles. The largest absolute Gasteiger partial charge is 0.496 e. The highest BCUT2D eigenvalue weighted by atomic mass is 16.5. The van der Waals surface area contributed by atoms with Crippen molar-refractivity contribution in [3.05, 3.63) is 63.6 Å². The second-order valence-corrected chi connectivity index (χ2v) is 7.63. The van der Waals surface area contributed by atoms with Gasteiger partial charge in [-0.1, -0.05) is 32.0 Å². The third-order valence-electron chi connectivity index (χ3n) is 4.20. The van der Waals surface area contributed by atoms with Gasteiger partial charge in [0.25, 0.3) is 11.8 Å². The number of ether oxygens (including phenoxy) is 1. The molecule has 0 fully saturated rings. The van der Waals surface area contributed by atoms with Gasteiger partial charge in [0.05, 0.1) is 7.11 Å². The van der Waals surface area contributed by atoms with Gasteiger partial charge in [0, 0.05) is 37.1 Å². The van der Waals surface area contributed by atoms with Gasteiger partial charge in [-0.25, -0.2) is 0 Å². The van der Waals surface area contributed by atoms with Crippen LogP contribution in [0.5, 0.6) is 5.75 Å². The molecule has 7 nitrogen and oxygen atoms in total. The van der Waals surface area contributed by atoms with E-state index in [4.69, 9.17) is 4.74 Å². The number of carbonyl (C=O) groups is 2. The first-order valence-corrected chi connectivity index (χ1v) is 9.68. The quantitative estimate of drug-likeness (QED) is 0.714. The fourth-order valence-corrected chi connectivity index (χ4v) is 2.94. The number of pyridine rings is 1. The number of para-hydroxylation sites is 1. The van der Waals surface area contributed by atoms with Crippen LogP contribution in [0.1, 0.15) is 54.0 Å². The standard InChI is InChI=1S/C22H29N3O4/c1-14(2)11-25-12-17(20(26)18(13-25)22(28)24-15(3)4)21(27)23-10-16-8-6-7-9-19(16)29-5/h6-9,12-15H,10-11H2,1-5H3,(H,23,27)(H,24,28). The van der Waals surface area contributed by atoms with Crippen molar-refractivity contribution in [2.45, 2.75) is 46.8 Å². The molecule has 156 valence electrons. The molecule has 0 aliphatic rings. The summed E-state index contributed by atoms with van der Waals surface area (Å²) < 4.78 is 7.01. The Morgan fingerprint density at radius 3 is 2.24 bits per heavy atom. The number of hydrogen-bond donors (Lipinski definition) is 2. The first-order chi connectivity index (χ1) is 13.7. The molecule has 0 saturated heterocycles. The second kappa shape index (κ2) is 9.91. The summed E-state index contributed by atoms with van der Waals surface area (Å²) in [5, 5.41) is 5.47. The summed E-state index contributed by atoms with van der Waals surface area (Å²) in [5.41, 5.74) is 0.112. The Bertz CT molecular complexity index is 932. The summed E-state index contributed by atoms with van der Waals surface area (Å²) in [5.74, 6) is -0.0856. The predicted molar refractivity (Wildman–Crippen MR) is 112 cm³/mol. The van der Waals surface area contributed by atoms with Crippen LogP contribution in [0.25, 0.3) is 0 Å². The molecule has 29 heavy (non-hydrogen) atoms. The van der Waals surface area contributed by atoms with Crippen molar-refractivity contribution in [1.29, 1.82) is 0 Å². The molecule has 7 heteroatoms. The van der Waals surface area contributed by atoms with Gasteiger partial charge >= 0.3 is 0 Å². The van der Waals surface area contributed by atoms with Gasteiger partial charge in [-0.15, -0.1) is 0 Å². The summed E-state index contributed by atoms with van der Waals surface area (Å²) in [6, 6.07) is 7.20. The Hall–Kier alpha value is -3.09. The summed E-state index contributed by atoms with van der Waals surface area (Å²) >= 11 is 0. The Morgan fingerprint density at radius 1 is 1.03 bits per heavy atom. The topological polar surface area (TPSA) is 89.4 Å². The fraction of sp³-hybridized carbons (Fsp3) is 0.409.